The van der Waals surface area contributed by atoms with E-state index in [-0.39, 0.29) is 6.61 Å². The number of rotatable bonds is 2. The Bertz CT molecular complexity index is 352. The van der Waals surface area contributed by atoms with Gasteiger partial charge in [0.25, 0.3) is 0 Å². The summed E-state index contributed by atoms with van der Waals surface area (Å²) in [6, 6.07) is 1.66. The second-order valence-corrected chi connectivity index (χ2v) is 2.31. The topological polar surface area (TPSA) is 74.9 Å². The smallest absolute Gasteiger partial charge is 0.185 e. The molecule has 0 bridgehead atoms. The molecule has 2 aromatic rings. The van der Waals surface area contributed by atoms with E-state index in [1.54, 1.807) is 18.6 Å². The summed E-state index contributed by atoms with van der Waals surface area (Å²) in [7, 11) is 0. The molecule has 0 aliphatic rings. The molecule has 0 amide bonds. The normalized spacial score (nSPS) is 10.4. The van der Waals surface area contributed by atoms with Crippen molar-refractivity contribution in [3.05, 3.63) is 24.3 Å². The molecule has 0 unspecified atom stereocenters. The number of nitrogens with zero attached hydrogens (tertiary/aromatic N) is 2. The largest absolute Gasteiger partial charge is 0.390 e. The maximum absolute atomic E-state index is 8.70. The van der Waals surface area contributed by atoms with Crippen LogP contribution in [0, 0.1) is 0 Å². The van der Waals surface area contributed by atoms with E-state index in [0.29, 0.717) is 11.5 Å². The summed E-state index contributed by atoms with van der Waals surface area (Å²) >= 11 is 0. The Morgan fingerprint density at radius 1 is 1.58 bits per heavy atom. The lowest BCUT2D eigenvalue weighted by atomic mass is 10.3. The zero-order chi connectivity index (χ0) is 8.39. The maximum atomic E-state index is 8.70. The number of aliphatic hydroxyl groups is 1. The van der Waals surface area contributed by atoms with E-state index in [0.717, 1.165) is 5.69 Å². The van der Waals surface area contributed by atoms with Gasteiger partial charge < -0.3 is 14.6 Å². The monoisotopic (exact) mass is 165 g/mol. The van der Waals surface area contributed by atoms with Crippen molar-refractivity contribution in [3.63, 3.8) is 0 Å². The van der Waals surface area contributed by atoms with Crippen molar-refractivity contribution in [3.8, 4) is 11.5 Å². The van der Waals surface area contributed by atoms with E-state index in [2.05, 4.69) is 15.1 Å². The quantitative estimate of drug-likeness (QED) is 0.681. The zero-order valence-corrected chi connectivity index (χ0v) is 6.19. The minimum Gasteiger partial charge on any atom is -0.390 e. The molecule has 12 heavy (non-hydrogen) atoms. The van der Waals surface area contributed by atoms with E-state index in [9.17, 15) is 0 Å². The van der Waals surface area contributed by atoms with E-state index in [1.165, 1.54) is 0 Å². The Balaban J connectivity index is 2.35. The van der Waals surface area contributed by atoms with Crippen LogP contribution in [0.3, 0.4) is 0 Å². The lowest BCUT2D eigenvalue weighted by Gasteiger charge is -1.83. The van der Waals surface area contributed by atoms with Crippen molar-refractivity contribution in [2.24, 2.45) is 0 Å². The van der Waals surface area contributed by atoms with Crippen LogP contribution in [0.5, 0.6) is 0 Å². The highest BCUT2D eigenvalue weighted by Crippen LogP contribution is 2.16. The molecule has 0 saturated heterocycles. The first-order chi connectivity index (χ1) is 5.90. The van der Waals surface area contributed by atoms with Crippen LogP contribution in [-0.2, 0) is 6.61 Å². The molecular formula is C7H7N3O2. The molecular weight excluding hydrogens is 158 g/mol. The minimum atomic E-state index is -0.113. The third-order valence-corrected chi connectivity index (χ3v) is 1.48. The number of hydrogen-bond donors (Lipinski definition) is 2. The molecule has 62 valence electrons. The van der Waals surface area contributed by atoms with Gasteiger partial charge in [0, 0.05) is 6.07 Å². The summed E-state index contributed by atoms with van der Waals surface area (Å²) < 4.78 is 4.92. The summed E-state index contributed by atoms with van der Waals surface area (Å²) in [5.74, 6) is 0.580. The summed E-state index contributed by atoms with van der Waals surface area (Å²) in [5, 5.41) is 12.3. The van der Waals surface area contributed by atoms with Crippen LogP contribution in [0.15, 0.2) is 23.1 Å². The van der Waals surface area contributed by atoms with Gasteiger partial charge in [-0.2, -0.15) is 0 Å². The van der Waals surface area contributed by atoms with Gasteiger partial charge in [-0.1, -0.05) is 5.16 Å². The first kappa shape index (κ1) is 7.05. The van der Waals surface area contributed by atoms with E-state index >= 15 is 0 Å². The number of aromatic nitrogens is 3. The molecule has 5 heteroatoms. The number of hydrogen-bond acceptors (Lipinski definition) is 4. The van der Waals surface area contributed by atoms with Crippen molar-refractivity contribution >= 4 is 0 Å². The average Bonchev–Trinajstić information content (AvgIpc) is 2.75. The Morgan fingerprint density at radius 2 is 2.50 bits per heavy atom. The van der Waals surface area contributed by atoms with Gasteiger partial charge in [-0.05, 0) is 0 Å². The summed E-state index contributed by atoms with van der Waals surface area (Å²) in [5.41, 5.74) is 1.27. The van der Waals surface area contributed by atoms with Crippen molar-refractivity contribution in [2.45, 2.75) is 6.61 Å². The third-order valence-electron chi connectivity index (χ3n) is 1.48. The highest BCUT2D eigenvalue weighted by molar-refractivity contribution is 5.50. The highest BCUT2D eigenvalue weighted by Gasteiger charge is 2.05. The van der Waals surface area contributed by atoms with Gasteiger partial charge in [-0.3, -0.25) is 0 Å². The molecule has 0 aromatic carbocycles. The molecule has 0 aliphatic carbocycles. The van der Waals surface area contributed by atoms with Crippen LogP contribution in [-0.4, -0.2) is 20.2 Å². The molecule has 0 aliphatic heterocycles. The SMILES string of the molecule is OCc1cc(-c2cnc[nH]2)on1. The number of aromatic amines is 1. The van der Waals surface area contributed by atoms with Gasteiger partial charge in [-0.25, -0.2) is 4.98 Å². The molecule has 0 spiro atoms. The van der Waals surface area contributed by atoms with Gasteiger partial charge in [0.05, 0.1) is 19.1 Å². The molecule has 2 aromatic heterocycles. The molecule has 5 nitrogen and oxygen atoms in total. The fourth-order valence-electron chi connectivity index (χ4n) is 0.904. The van der Waals surface area contributed by atoms with Crippen LogP contribution < -0.4 is 0 Å². The number of nitrogens with one attached hydrogen (secondary N) is 1. The van der Waals surface area contributed by atoms with Crippen molar-refractivity contribution in [1.82, 2.24) is 15.1 Å². The lowest BCUT2D eigenvalue weighted by Crippen LogP contribution is -1.78. The van der Waals surface area contributed by atoms with E-state index < -0.39 is 0 Å². The van der Waals surface area contributed by atoms with Gasteiger partial charge in [-0.15, -0.1) is 0 Å². The first-order valence-electron chi connectivity index (χ1n) is 3.45. The van der Waals surface area contributed by atoms with Gasteiger partial charge in [0.1, 0.15) is 11.4 Å². The van der Waals surface area contributed by atoms with E-state index in [4.69, 9.17) is 9.63 Å². The van der Waals surface area contributed by atoms with Gasteiger partial charge in [0.2, 0.25) is 0 Å². The molecule has 2 N–H and O–H groups in total. The van der Waals surface area contributed by atoms with Gasteiger partial charge in [0.15, 0.2) is 5.76 Å². The van der Waals surface area contributed by atoms with Crippen LogP contribution in [0.1, 0.15) is 5.69 Å². The average molecular weight is 165 g/mol. The summed E-state index contributed by atoms with van der Waals surface area (Å²) in [6.07, 6.45) is 3.18. The van der Waals surface area contributed by atoms with Crippen LogP contribution in [0.4, 0.5) is 0 Å². The van der Waals surface area contributed by atoms with Crippen molar-refractivity contribution < 1.29 is 9.63 Å². The fraction of sp³-hybridized carbons (Fsp3) is 0.143. The van der Waals surface area contributed by atoms with Crippen LogP contribution in [0.2, 0.25) is 0 Å². The Labute approximate surface area is 68.0 Å². The van der Waals surface area contributed by atoms with Crippen molar-refractivity contribution in [2.75, 3.05) is 0 Å². The van der Waals surface area contributed by atoms with Crippen molar-refractivity contribution in [1.29, 1.82) is 0 Å². The second kappa shape index (κ2) is 2.78. The van der Waals surface area contributed by atoms with Crippen LogP contribution >= 0.6 is 0 Å². The number of aliphatic hydroxyl groups excluding tert-OH is 1. The third kappa shape index (κ3) is 1.10. The molecule has 0 atom stereocenters. The zero-order valence-electron chi connectivity index (χ0n) is 6.19. The predicted molar refractivity (Wildman–Crippen MR) is 40.0 cm³/mol. The molecule has 2 heterocycles. The lowest BCUT2D eigenvalue weighted by molar-refractivity contribution is 0.267. The second-order valence-electron chi connectivity index (χ2n) is 2.31. The van der Waals surface area contributed by atoms with E-state index in [1.807, 2.05) is 0 Å². The standard InChI is InChI=1S/C7H7N3O2/c11-3-5-1-7(12-10-5)6-2-8-4-9-6/h1-2,4,11H,3H2,(H,8,9). The summed E-state index contributed by atoms with van der Waals surface area (Å²) in [4.78, 5) is 6.69. The van der Waals surface area contributed by atoms with Gasteiger partial charge >= 0.3 is 0 Å². The number of imidazole rings is 1. The Morgan fingerprint density at radius 3 is 3.08 bits per heavy atom. The Kier molecular flexibility index (Phi) is 1.64. The fourth-order valence-corrected chi connectivity index (χ4v) is 0.904. The first-order valence-corrected chi connectivity index (χ1v) is 3.45. The predicted octanol–water partition coefficient (Wildman–Crippen LogP) is 0.557. The number of H-pyrrole nitrogens is 1. The Hall–Kier alpha value is -1.62. The highest BCUT2D eigenvalue weighted by atomic mass is 16.5. The molecule has 0 radical (unpaired) electrons. The summed E-state index contributed by atoms with van der Waals surface area (Å²) in [6.45, 7) is -0.113. The molecule has 2 rings (SSSR count). The maximum Gasteiger partial charge on any atom is 0.185 e. The molecule has 0 fully saturated rings. The minimum absolute atomic E-state index is 0.113. The molecule has 0 saturated carbocycles. The van der Waals surface area contributed by atoms with Crippen LogP contribution in [0.25, 0.3) is 11.5 Å².